The molecule has 0 unspecified atom stereocenters. The monoisotopic (exact) mass is 480 g/mol. The number of non-ortho nitro benzene ring substituents is 1. The lowest BCUT2D eigenvalue weighted by Crippen LogP contribution is -2.62. The number of carbonyl (C=O) groups is 2. The van der Waals surface area contributed by atoms with Crippen LogP contribution in [0.4, 0.5) is 5.69 Å². The van der Waals surface area contributed by atoms with Gasteiger partial charge in [0.2, 0.25) is 11.8 Å². The van der Waals surface area contributed by atoms with Crippen molar-refractivity contribution < 1.29 is 14.5 Å². The number of hydrogen-bond acceptors (Lipinski definition) is 4. The number of nitro groups is 1. The zero-order valence-corrected chi connectivity index (χ0v) is 19.7. The number of nitrogens with zero attached hydrogens (tertiary/aromatic N) is 3. The molecule has 0 aliphatic carbocycles. The molecule has 8 nitrogen and oxygen atoms in total. The summed E-state index contributed by atoms with van der Waals surface area (Å²) < 4.78 is 0. The molecule has 180 valence electrons. The summed E-state index contributed by atoms with van der Waals surface area (Å²) in [6.45, 7) is 2.37. The van der Waals surface area contributed by atoms with E-state index in [-0.39, 0.29) is 24.0 Å². The van der Waals surface area contributed by atoms with Crippen LogP contribution < -0.4 is 0 Å². The van der Waals surface area contributed by atoms with E-state index >= 15 is 0 Å². The van der Waals surface area contributed by atoms with Crippen molar-refractivity contribution in [1.29, 1.82) is 0 Å². The second-order valence-electron chi connectivity index (χ2n) is 9.51. The maximum absolute atomic E-state index is 13.8. The van der Waals surface area contributed by atoms with Crippen molar-refractivity contribution in [3.05, 3.63) is 111 Å². The molecule has 0 bridgehead atoms. The highest BCUT2D eigenvalue weighted by Gasteiger charge is 2.48. The fraction of sp³-hybridized carbons (Fsp3) is 0.214. The Bertz CT molecular complexity index is 1510. The van der Waals surface area contributed by atoms with Crippen LogP contribution in [0.15, 0.2) is 72.8 Å². The second-order valence-corrected chi connectivity index (χ2v) is 9.51. The minimum absolute atomic E-state index is 0.0117. The molecular weight excluding hydrogens is 456 g/mol. The summed E-state index contributed by atoms with van der Waals surface area (Å²) in [6.07, 6.45) is 0.414. The highest BCUT2D eigenvalue weighted by molar-refractivity contribution is 5.97. The van der Waals surface area contributed by atoms with Gasteiger partial charge in [-0.2, -0.15) is 0 Å². The van der Waals surface area contributed by atoms with Gasteiger partial charge in [-0.05, 0) is 41.8 Å². The van der Waals surface area contributed by atoms with Gasteiger partial charge >= 0.3 is 0 Å². The lowest BCUT2D eigenvalue weighted by Gasteiger charge is -2.47. The molecule has 2 atom stereocenters. The first-order valence-corrected chi connectivity index (χ1v) is 11.9. The highest BCUT2D eigenvalue weighted by Crippen LogP contribution is 2.42. The van der Waals surface area contributed by atoms with Gasteiger partial charge in [0.15, 0.2) is 0 Å². The van der Waals surface area contributed by atoms with E-state index in [1.807, 2.05) is 55.5 Å². The molecular formula is C28H24N4O4. The molecule has 8 heteroatoms. The van der Waals surface area contributed by atoms with E-state index < -0.39 is 17.0 Å². The summed E-state index contributed by atoms with van der Waals surface area (Å²) >= 11 is 0. The number of para-hydroxylation sites is 1. The predicted octanol–water partition coefficient (Wildman–Crippen LogP) is 4.27. The minimum Gasteiger partial charge on any atom is -0.356 e. The van der Waals surface area contributed by atoms with Crippen molar-refractivity contribution in [2.24, 2.45) is 0 Å². The van der Waals surface area contributed by atoms with E-state index in [0.29, 0.717) is 13.0 Å². The number of aromatic nitrogens is 1. The van der Waals surface area contributed by atoms with Gasteiger partial charge < -0.3 is 14.8 Å². The quantitative estimate of drug-likeness (QED) is 0.348. The number of piperazine rings is 1. The molecule has 0 spiro atoms. The van der Waals surface area contributed by atoms with Crippen molar-refractivity contribution in [3.8, 4) is 0 Å². The summed E-state index contributed by atoms with van der Waals surface area (Å²) in [6, 6.07) is 20.9. The van der Waals surface area contributed by atoms with Gasteiger partial charge in [-0.1, -0.05) is 48.0 Å². The summed E-state index contributed by atoms with van der Waals surface area (Å²) in [5.41, 5.74) is 5.62. The Labute approximate surface area is 207 Å². The van der Waals surface area contributed by atoms with Crippen molar-refractivity contribution in [1.82, 2.24) is 14.8 Å². The SMILES string of the molecule is Cc1ccc(CN2CC(=O)N3[C@H](c4ccc([N+](=O)[O-])cc4)c4[nH]c5ccccc5c4C[C@H]3C2=O)cc1. The smallest absolute Gasteiger partial charge is 0.269 e. The van der Waals surface area contributed by atoms with Gasteiger partial charge in [0.25, 0.3) is 5.69 Å². The Hall–Kier alpha value is -4.46. The maximum atomic E-state index is 13.8. The zero-order chi connectivity index (χ0) is 25.0. The van der Waals surface area contributed by atoms with Crippen LogP contribution in [-0.4, -0.2) is 44.1 Å². The number of hydrogen-bond donors (Lipinski definition) is 1. The molecule has 1 aromatic heterocycles. The first-order valence-electron chi connectivity index (χ1n) is 11.9. The fourth-order valence-corrected chi connectivity index (χ4v) is 5.50. The van der Waals surface area contributed by atoms with Gasteiger partial charge in [0, 0.05) is 41.7 Å². The number of fused-ring (bicyclic) bond motifs is 4. The van der Waals surface area contributed by atoms with Crippen LogP contribution in [0, 0.1) is 17.0 Å². The lowest BCUT2D eigenvalue weighted by molar-refractivity contribution is -0.384. The lowest BCUT2D eigenvalue weighted by atomic mass is 9.86. The van der Waals surface area contributed by atoms with Gasteiger partial charge in [0.1, 0.15) is 12.6 Å². The number of aromatic amines is 1. The van der Waals surface area contributed by atoms with Crippen LogP contribution in [0.5, 0.6) is 0 Å². The molecule has 1 N–H and O–H groups in total. The summed E-state index contributed by atoms with van der Waals surface area (Å²) in [4.78, 5) is 45.0. The van der Waals surface area contributed by atoms with Crippen LogP contribution in [0.1, 0.15) is 34.0 Å². The Morgan fingerprint density at radius 2 is 1.72 bits per heavy atom. The average Bonchev–Trinajstić information content (AvgIpc) is 3.25. The number of amides is 2. The Kier molecular flexibility index (Phi) is 5.10. The van der Waals surface area contributed by atoms with E-state index in [0.717, 1.165) is 38.9 Å². The molecule has 2 amide bonds. The maximum Gasteiger partial charge on any atom is 0.269 e. The molecule has 2 aliphatic rings. The number of nitrogens with one attached hydrogen (secondary N) is 1. The normalized spacial score (nSPS) is 19.4. The van der Waals surface area contributed by atoms with Gasteiger partial charge in [0.05, 0.1) is 11.0 Å². The number of carbonyl (C=O) groups excluding carboxylic acids is 2. The Balaban J connectivity index is 1.44. The number of rotatable bonds is 4. The van der Waals surface area contributed by atoms with E-state index in [1.54, 1.807) is 21.9 Å². The first kappa shape index (κ1) is 22.0. The molecule has 4 aromatic rings. The second kappa shape index (κ2) is 8.34. The van der Waals surface area contributed by atoms with E-state index in [4.69, 9.17) is 0 Å². The Morgan fingerprint density at radius 1 is 1.00 bits per heavy atom. The Morgan fingerprint density at radius 3 is 2.44 bits per heavy atom. The van der Waals surface area contributed by atoms with E-state index in [2.05, 4.69) is 4.98 Å². The molecule has 1 fully saturated rings. The third-order valence-electron chi connectivity index (χ3n) is 7.26. The summed E-state index contributed by atoms with van der Waals surface area (Å²) in [5, 5.41) is 12.2. The van der Waals surface area contributed by atoms with Crippen LogP contribution in [-0.2, 0) is 22.6 Å². The first-order chi connectivity index (χ1) is 17.4. The number of H-pyrrole nitrogens is 1. The molecule has 36 heavy (non-hydrogen) atoms. The van der Waals surface area contributed by atoms with Crippen molar-refractivity contribution >= 4 is 28.4 Å². The number of nitro benzene ring substituents is 1. The number of aryl methyl sites for hydroxylation is 1. The van der Waals surface area contributed by atoms with Crippen LogP contribution in [0.25, 0.3) is 10.9 Å². The predicted molar refractivity (Wildman–Crippen MR) is 134 cm³/mol. The molecule has 3 heterocycles. The molecule has 0 radical (unpaired) electrons. The minimum atomic E-state index is -0.649. The van der Waals surface area contributed by atoms with Crippen LogP contribution in [0.3, 0.4) is 0 Å². The van der Waals surface area contributed by atoms with Crippen molar-refractivity contribution in [2.75, 3.05) is 6.54 Å². The molecule has 0 saturated carbocycles. The summed E-state index contributed by atoms with van der Waals surface area (Å²) in [7, 11) is 0. The molecule has 2 aliphatic heterocycles. The highest BCUT2D eigenvalue weighted by atomic mass is 16.6. The fourth-order valence-electron chi connectivity index (χ4n) is 5.50. The third kappa shape index (κ3) is 3.53. The molecule has 6 rings (SSSR count). The topological polar surface area (TPSA) is 99.5 Å². The van der Waals surface area contributed by atoms with Crippen molar-refractivity contribution in [3.63, 3.8) is 0 Å². The van der Waals surface area contributed by atoms with Crippen LogP contribution >= 0.6 is 0 Å². The largest absolute Gasteiger partial charge is 0.356 e. The van der Waals surface area contributed by atoms with Gasteiger partial charge in [-0.25, -0.2) is 0 Å². The zero-order valence-electron chi connectivity index (χ0n) is 19.7. The van der Waals surface area contributed by atoms with Gasteiger partial charge in [-0.3, -0.25) is 19.7 Å². The number of benzene rings is 3. The third-order valence-corrected chi connectivity index (χ3v) is 7.26. The van der Waals surface area contributed by atoms with E-state index in [1.165, 1.54) is 12.1 Å². The molecule has 1 saturated heterocycles. The van der Waals surface area contributed by atoms with E-state index in [9.17, 15) is 19.7 Å². The summed E-state index contributed by atoms with van der Waals surface area (Å²) in [5.74, 6) is -0.225. The molecule has 3 aromatic carbocycles. The van der Waals surface area contributed by atoms with Crippen molar-refractivity contribution in [2.45, 2.75) is 32.0 Å². The standard InChI is InChI=1S/C28H24N4O4/c1-17-6-8-18(9-7-17)15-30-16-25(33)31-24(28(30)34)14-22-21-4-2-3-5-23(21)29-26(22)27(31)19-10-12-20(13-11-19)32(35)36/h2-13,24,27,29H,14-16H2,1H3/t24-,27+/m0/s1. The average molecular weight is 481 g/mol. The van der Waals surface area contributed by atoms with Gasteiger partial charge in [-0.15, -0.1) is 0 Å². The van der Waals surface area contributed by atoms with Crippen LogP contribution in [0.2, 0.25) is 0 Å².